The molecule has 2 aromatic rings. The molecule has 0 radical (unpaired) electrons. The molecular weight excluding hydrogens is 340 g/mol. The Morgan fingerprint density at radius 2 is 1.92 bits per heavy atom. The standard InChI is InChI=1S/C20H32N4OSi/c1-4-26(5-2,6-3)20-16(14-9-10-14)17-18(22-13-23-19(17)24-20)21-12-15-8-7-11-25-15/h13-15H,4-12H2,1-3H3,(H2,21,22,23,24)/t15-/m0/s1. The molecule has 0 bridgehead atoms. The van der Waals surface area contributed by atoms with Crippen molar-refractivity contribution in [1.82, 2.24) is 15.0 Å². The van der Waals surface area contributed by atoms with Crippen LogP contribution >= 0.6 is 0 Å². The van der Waals surface area contributed by atoms with Crippen molar-refractivity contribution in [3.63, 3.8) is 0 Å². The van der Waals surface area contributed by atoms with Crippen LogP contribution in [-0.2, 0) is 4.74 Å². The summed E-state index contributed by atoms with van der Waals surface area (Å²) >= 11 is 0. The number of nitrogens with one attached hydrogen (secondary N) is 2. The molecule has 1 aliphatic heterocycles. The first-order valence-electron chi connectivity index (χ1n) is 10.4. The van der Waals surface area contributed by atoms with Crippen LogP contribution in [0.1, 0.15) is 57.9 Å². The van der Waals surface area contributed by atoms with Crippen LogP contribution in [0.15, 0.2) is 6.33 Å². The normalized spacial score (nSPS) is 20.8. The first-order valence-corrected chi connectivity index (χ1v) is 13.1. The van der Waals surface area contributed by atoms with E-state index in [1.54, 1.807) is 17.2 Å². The minimum absolute atomic E-state index is 0.318. The molecule has 5 nitrogen and oxygen atoms in total. The van der Waals surface area contributed by atoms with Crippen molar-refractivity contribution >= 4 is 30.2 Å². The first-order chi connectivity index (χ1) is 12.7. The quantitative estimate of drug-likeness (QED) is 0.684. The van der Waals surface area contributed by atoms with Crippen molar-refractivity contribution in [2.45, 2.75) is 76.6 Å². The van der Waals surface area contributed by atoms with Gasteiger partial charge in [-0.05, 0) is 37.2 Å². The highest BCUT2D eigenvalue weighted by molar-refractivity contribution is 6.91. The number of nitrogens with zero attached hydrogens (tertiary/aromatic N) is 2. The van der Waals surface area contributed by atoms with Gasteiger partial charge in [-0.25, -0.2) is 9.97 Å². The molecule has 1 saturated carbocycles. The Morgan fingerprint density at radius 1 is 1.15 bits per heavy atom. The van der Waals surface area contributed by atoms with Gasteiger partial charge in [-0.15, -0.1) is 0 Å². The van der Waals surface area contributed by atoms with E-state index in [1.807, 2.05) is 0 Å². The molecule has 0 unspecified atom stereocenters. The van der Waals surface area contributed by atoms with E-state index in [4.69, 9.17) is 4.74 Å². The van der Waals surface area contributed by atoms with E-state index >= 15 is 0 Å². The monoisotopic (exact) mass is 372 g/mol. The maximum absolute atomic E-state index is 5.78. The third-order valence-corrected chi connectivity index (χ3v) is 12.2. The Labute approximate surface area is 157 Å². The zero-order chi connectivity index (χ0) is 18.1. The molecule has 0 aromatic carbocycles. The molecule has 3 heterocycles. The fraction of sp³-hybridized carbons (Fsp3) is 0.700. The van der Waals surface area contributed by atoms with Crippen LogP contribution in [0.4, 0.5) is 5.82 Å². The zero-order valence-corrected chi connectivity index (χ0v) is 17.4. The molecule has 1 saturated heterocycles. The van der Waals surface area contributed by atoms with Gasteiger partial charge in [-0.2, -0.15) is 0 Å². The Kier molecular flexibility index (Phi) is 5.06. The van der Waals surface area contributed by atoms with Crippen LogP contribution in [0.25, 0.3) is 11.0 Å². The number of aromatic amines is 1. The van der Waals surface area contributed by atoms with Gasteiger partial charge < -0.3 is 15.0 Å². The third-order valence-electron chi connectivity index (χ3n) is 6.70. The molecule has 4 rings (SSSR count). The molecule has 2 fully saturated rings. The maximum atomic E-state index is 5.78. The van der Waals surface area contributed by atoms with Gasteiger partial charge in [-0.3, -0.25) is 0 Å². The molecule has 1 aliphatic carbocycles. The minimum Gasteiger partial charge on any atom is -0.376 e. The smallest absolute Gasteiger partial charge is 0.143 e. The molecule has 6 heteroatoms. The van der Waals surface area contributed by atoms with Crippen LogP contribution in [0, 0.1) is 0 Å². The lowest BCUT2D eigenvalue weighted by molar-refractivity contribution is 0.120. The summed E-state index contributed by atoms with van der Waals surface area (Å²) in [7, 11) is -1.49. The Balaban J connectivity index is 1.77. The summed E-state index contributed by atoms with van der Waals surface area (Å²) in [6, 6.07) is 3.87. The van der Waals surface area contributed by atoms with Crippen molar-refractivity contribution in [3.8, 4) is 0 Å². The van der Waals surface area contributed by atoms with Gasteiger partial charge >= 0.3 is 0 Å². The predicted molar refractivity (Wildman–Crippen MR) is 110 cm³/mol. The molecule has 26 heavy (non-hydrogen) atoms. The van der Waals surface area contributed by atoms with Gasteiger partial charge in [-0.1, -0.05) is 38.9 Å². The number of ether oxygens (including phenoxy) is 1. The van der Waals surface area contributed by atoms with Crippen molar-refractivity contribution in [1.29, 1.82) is 0 Å². The van der Waals surface area contributed by atoms with Crippen molar-refractivity contribution in [2.75, 3.05) is 18.5 Å². The van der Waals surface area contributed by atoms with E-state index in [0.717, 1.165) is 31.0 Å². The van der Waals surface area contributed by atoms with Gasteiger partial charge in [0, 0.05) is 18.5 Å². The summed E-state index contributed by atoms with van der Waals surface area (Å²) in [6.45, 7) is 8.87. The average molecular weight is 373 g/mol. The fourth-order valence-corrected chi connectivity index (χ4v) is 8.52. The molecule has 2 aromatic heterocycles. The van der Waals surface area contributed by atoms with E-state index in [0.29, 0.717) is 12.0 Å². The van der Waals surface area contributed by atoms with Gasteiger partial charge in [0.05, 0.1) is 11.5 Å². The Morgan fingerprint density at radius 3 is 2.54 bits per heavy atom. The summed E-state index contributed by atoms with van der Waals surface area (Å²) in [6.07, 6.45) is 6.95. The fourth-order valence-electron chi connectivity index (χ4n) is 4.67. The molecule has 142 valence electrons. The lowest BCUT2D eigenvalue weighted by atomic mass is 10.1. The molecule has 2 aliphatic rings. The van der Waals surface area contributed by atoms with Gasteiger partial charge in [0.15, 0.2) is 0 Å². The van der Waals surface area contributed by atoms with Crippen molar-refractivity contribution in [2.24, 2.45) is 0 Å². The summed E-state index contributed by atoms with van der Waals surface area (Å²) in [5.74, 6) is 1.70. The molecular formula is C20H32N4OSi. The number of hydrogen-bond donors (Lipinski definition) is 2. The lowest BCUT2D eigenvalue weighted by Gasteiger charge is -2.28. The largest absolute Gasteiger partial charge is 0.376 e. The van der Waals surface area contributed by atoms with E-state index in [-0.39, 0.29) is 0 Å². The van der Waals surface area contributed by atoms with Crippen LogP contribution in [-0.4, -0.2) is 42.3 Å². The van der Waals surface area contributed by atoms with Crippen LogP contribution in [0.5, 0.6) is 0 Å². The third kappa shape index (κ3) is 3.07. The van der Waals surface area contributed by atoms with Gasteiger partial charge in [0.25, 0.3) is 0 Å². The summed E-state index contributed by atoms with van der Waals surface area (Å²) < 4.78 is 5.78. The lowest BCUT2D eigenvalue weighted by Crippen LogP contribution is -2.48. The van der Waals surface area contributed by atoms with Crippen LogP contribution < -0.4 is 10.6 Å². The number of aromatic nitrogens is 3. The summed E-state index contributed by atoms with van der Waals surface area (Å²) in [5.41, 5.74) is 2.58. The van der Waals surface area contributed by atoms with Crippen molar-refractivity contribution in [3.05, 3.63) is 11.9 Å². The minimum atomic E-state index is -1.49. The van der Waals surface area contributed by atoms with E-state index in [2.05, 4.69) is 41.0 Å². The number of rotatable bonds is 8. The summed E-state index contributed by atoms with van der Waals surface area (Å²) in [4.78, 5) is 13.0. The SMILES string of the molecule is CC[Si](CC)(CC)c1[nH]c2ncnc(NC[C@@H]3CCCO3)c2c1C1CC1. The van der Waals surface area contributed by atoms with Gasteiger partial charge in [0.1, 0.15) is 25.9 Å². The highest BCUT2D eigenvalue weighted by Crippen LogP contribution is 2.45. The molecule has 0 amide bonds. The number of anilines is 1. The number of H-pyrrole nitrogens is 1. The number of fused-ring (bicyclic) bond motifs is 1. The maximum Gasteiger partial charge on any atom is 0.143 e. The topological polar surface area (TPSA) is 62.8 Å². The highest BCUT2D eigenvalue weighted by atomic mass is 28.3. The summed E-state index contributed by atoms with van der Waals surface area (Å²) in [5, 5.41) is 6.41. The Hall–Kier alpha value is -1.40. The van der Waals surface area contributed by atoms with Crippen LogP contribution in [0.3, 0.4) is 0 Å². The molecule has 1 atom stereocenters. The second kappa shape index (κ2) is 7.31. The first kappa shape index (κ1) is 18.0. The zero-order valence-electron chi connectivity index (χ0n) is 16.4. The second-order valence-corrected chi connectivity index (χ2v) is 13.2. The highest BCUT2D eigenvalue weighted by Gasteiger charge is 2.40. The van der Waals surface area contributed by atoms with E-state index in [1.165, 1.54) is 42.8 Å². The Bertz CT molecular complexity index is 752. The van der Waals surface area contributed by atoms with E-state index in [9.17, 15) is 0 Å². The second-order valence-electron chi connectivity index (χ2n) is 7.99. The predicted octanol–water partition coefficient (Wildman–Crippen LogP) is 4.14. The van der Waals surface area contributed by atoms with E-state index < -0.39 is 8.07 Å². The van der Waals surface area contributed by atoms with Crippen molar-refractivity contribution < 1.29 is 4.74 Å². The van der Waals surface area contributed by atoms with Gasteiger partial charge in [0.2, 0.25) is 0 Å². The average Bonchev–Trinajstić information content (AvgIpc) is 3.23. The molecule has 2 N–H and O–H groups in total. The number of hydrogen-bond acceptors (Lipinski definition) is 4. The molecule has 0 spiro atoms. The van der Waals surface area contributed by atoms with Crippen LogP contribution in [0.2, 0.25) is 18.1 Å².